The van der Waals surface area contributed by atoms with Crippen LogP contribution in [0.3, 0.4) is 0 Å². The zero-order valence-electron chi connectivity index (χ0n) is 19.8. The molecule has 0 N–H and O–H groups in total. The van der Waals surface area contributed by atoms with E-state index in [-0.39, 0.29) is 23.5 Å². The monoisotopic (exact) mass is 491 g/mol. The molecule has 3 aromatic carbocycles. The largest absolute Gasteiger partial charge is 0.313 e. The third-order valence-corrected chi connectivity index (χ3v) is 11.5. The van der Waals surface area contributed by atoms with E-state index in [1.54, 1.807) is 24.3 Å². The number of nitrogens with zero attached hydrogens (tertiary/aromatic N) is 1. The van der Waals surface area contributed by atoms with E-state index in [4.69, 9.17) is 0 Å². The predicted octanol–water partition coefficient (Wildman–Crippen LogP) is 5.48. The molecule has 0 aliphatic carbocycles. The maximum Gasteiger partial charge on any atom is 0.264 e. The fourth-order valence-electron chi connectivity index (χ4n) is 4.53. The molecule has 1 heterocycles. The summed E-state index contributed by atoms with van der Waals surface area (Å²) in [6, 6.07) is 25.9. The van der Waals surface area contributed by atoms with Crippen LogP contribution in [0, 0.1) is 12.8 Å². The minimum Gasteiger partial charge on any atom is -0.313 e. The maximum atomic E-state index is 14.7. The van der Waals surface area contributed by atoms with Gasteiger partial charge >= 0.3 is 0 Å². The molecule has 0 saturated heterocycles. The quantitative estimate of drug-likeness (QED) is 0.325. The molecule has 0 fully saturated rings. The normalized spacial score (nSPS) is 16.7. The lowest BCUT2D eigenvalue weighted by molar-refractivity contribution is 0.480. The molecule has 3 aromatic rings. The van der Waals surface area contributed by atoms with Gasteiger partial charge in [-0.2, -0.15) is 0 Å². The van der Waals surface area contributed by atoms with Crippen LogP contribution in [0.1, 0.15) is 19.4 Å². The molecule has 34 heavy (non-hydrogen) atoms. The Hall–Kier alpha value is -2.88. The second-order valence-corrected chi connectivity index (χ2v) is 13.6. The Balaban J connectivity index is 1.83. The van der Waals surface area contributed by atoms with Crippen LogP contribution in [0.25, 0.3) is 0 Å². The van der Waals surface area contributed by atoms with Crippen molar-refractivity contribution >= 4 is 27.8 Å². The molecule has 4 nitrogen and oxygen atoms in total. The van der Waals surface area contributed by atoms with Gasteiger partial charge in [-0.25, -0.2) is 8.42 Å². The zero-order chi connectivity index (χ0) is 24.5. The van der Waals surface area contributed by atoms with Crippen molar-refractivity contribution in [3.8, 4) is 0 Å². The Bertz CT molecular complexity index is 1340. The van der Waals surface area contributed by atoms with Crippen LogP contribution >= 0.6 is 7.14 Å². The number of hydrogen-bond donors (Lipinski definition) is 0. The first-order chi connectivity index (χ1) is 16.1. The number of benzene rings is 3. The molecule has 1 aliphatic rings. The molecular formula is C28H30NO3PS. The highest BCUT2D eigenvalue weighted by Gasteiger charge is 2.40. The second kappa shape index (κ2) is 9.40. The molecule has 0 aromatic heterocycles. The summed E-state index contributed by atoms with van der Waals surface area (Å²) in [6.07, 6.45) is 0.268. The topological polar surface area (TPSA) is 54.5 Å². The van der Waals surface area contributed by atoms with Gasteiger partial charge in [-0.05, 0) is 38.5 Å². The third kappa shape index (κ3) is 4.43. The van der Waals surface area contributed by atoms with Gasteiger partial charge in [0.05, 0.1) is 4.90 Å². The van der Waals surface area contributed by atoms with Gasteiger partial charge in [-0.15, -0.1) is 0 Å². The Kier molecular flexibility index (Phi) is 6.71. The van der Waals surface area contributed by atoms with Crippen molar-refractivity contribution in [2.45, 2.75) is 25.7 Å². The minimum atomic E-state index is -3.74. The minimum absolute atomic E-state index is 0.194. The summed E-state index contributed by atoms with van der Waals surface area (Å²) in [7, 11) is -6.81. The molecule has 1 unspecified atom stereocenters. The SMILES string of the molecule is C=C(C)C1CN(S(=O)(=O)c2ccc(C)cc2)C(C)=C1CP(=O)(c1ccccc1)c1ccccc1. The van der Waals surface area contributed by atoms with Gasteiger partial charge in [0.1, 0.15) is 7.14 Å². The van der Waals surface area contributed by atoms with E-state index < -0.39 is 17.2 Å². The van der Waals surface area contributed by atoms with Crippen molar-refractivity contribution in [3.05, 3.63) is 114 Å². The second-order valence-electron chi connectivity index (χ2n) is 8.93. The Labute approximate surface area is 203 Å². The fourth-order valence-corrected chi connectivity index (χ4v) is 8.99. The first-order valence-corrected chi connectivity index (χ1v) is 14.6. The maximum absolute atomic E-state index is 14.7. The molecule has 0 radical (unpaired) electrons. The fraction of sp³-hybridized carbons (Fsp3) is 0.214. The highest BCUT2D eigenvalue weighted by Crippen LogP contribution is 2.49. The summed E-state index contributed by atoms with van der Waals surface area (Å²) in [5.41, 5.74) is 3.38. The smallest absolute Gasteiger partial charge is 0.264 e. The van der Waals surface area contributed by atoms with Crippen LogP contribution in [0.4, 0.5) is 0 Å². The number of aryl methyl sites for hydroxylation is 1. The molecule has 4 rings (SSSR count). The van der Waals surface area contributed by atoms with Crippen molar-refractivity contribution < 1.29 is 13.0 Å². The van der Waals surface area contributed by atoms with Crippen molar-refractivity contribution in [2.24, 2.45) is 5.92 Å². The number of hydrogen-bond acceptors (Lipinski definition) is 3. The Morgan fingerprint density at radius 2 is 1.41 bits per heavy atom. The van der Waals surface area contributed by atoms with E-state index >= 15 is 0 Å². The summed E-state index contributed by atoms with van der Waals surface area (Å²) in [4.78, 5) is 0.258. The molecule has 0 saturated carbocycles. The summed E-state index contributed by atoms with van der Waals surface area (Å²) in [6.45, 7) is 10.1. The molecule has 0 amide bonds. The van der Waals surface area contributed by atoms with Gasteiger partial charge in [-0.1, -0.05) is 90.5 Å². The van der Waals surface area contributed by atoms with Crippen LogP contribution in [-0.4, -0.2) is 25.4 Å². The van der Waals surface area contributed by atoms with E-state index in [9.17, 15) is 13.0 Å². The first kappa shape index (κ1) is 24.3. The van der Waals surface area contributed by atoms with Crippen molar-refractivity contribution in [1.29, 1.82) is 0 Å². The highest BCUT2D eigenvalue weighted by atomic mass is 32.2. The van der Waals surface area contributed by atoms with Gasteiger partial charge in [0, 0.05) is 34.9 Å². The van der Waals surface area contributed by atoms with Crippen LogP contribution in [-0.2, 0) is 14.6 Å². The molecular weight excluding hydrogens is 461 g/mol. The van der Waals surface area contributed by atoms with Crippen molar-refractivity contribution in [1.82, 2.24) is 4.31 Å². The lowest BCUT2D eigenvalue weighted by Crippen LogP contribution is -2.29. The van der Waals surface area contributed by atoms with E-state index in [0.717, 1.165) is 27.3 Å². The van der Waals surface area contributed by atoms with Crippen LogP contribution < -0.4 is 10.6 Å². The van der Waals surface area contributed by atoms with Gasteiger partial charge < -0.3 is 4.57 Å². The number of sulfonamides is 1. The number of allylic oxidation sites excluding steroid dienone is 1. The van der Waals surface area contributed by atoms with Gasteiger partial charge in [0.2, 0.25) is 0 Å². The number of rotatable bonds is 7. The van der Waals surface area contributed by atoms with Crippen LogP contribution in [0.2, 0.25) is 0 Å². The average molecular weight is 492 g/mol. The summed E-state index contributed by atoms with van der Waals surface area (Å²) < 4.78 is 43.3. The van der Waals surface area contributed by atoms with Gasteiger partial charge in [0.15, 0.2) is 0 Å². The lowest BCUT2D eigenvalue weighted by atomic mass is 9.96. The lowest BCUT2D eigenvalue weighted by Gasteiger charge is -2.23. The molecule has 0 bridgehead atoms. The van der Waals surface area contributed by atoms with E-state index in [0.29, 0.717) is 5.70 Å². The summed E-state index contributed by atoms with van der Waals surface area (Å²) >= 11 is 0. The van der Waals surface area contributed by atoms with Crippen molar-refractivity contribution in [3.63, 3.8) is 0 Å². The van der Waals surface area contributed by atoms with Crippen LogP contribution in [0.5, 0.6) is 0 Å². The Morgan fingerprint density at radius 3 is 1.88 bits per heavy atom. The van der Waals surface area contributed by atoms with Gasteiger partial charge in [0.25, 0.3) is 10.0 Å². The average Bonchev–Trinajstić information content (AvgIpc) is 3.17. The van der Waals surface area contributed by atoms with Gasteiger partial charge in [-0.3, -0.25) is 4.31 Å². The van der Waals surface area contributed by atoms with E-state index in [1.165, 1.54) is 4.31 Å². The first-order valence-electron chi connectivity index (χ1n) is 11.3. The molecule has 176 valence electrons. The summed E-state index contributed by atoms with van der Waals surface area (Å²) in [5, 5.41) is 1.53. The molecule has 1 atom stereocenters. The van der Waals surface area contributed by atoms with Crippen LogP contribution in [0.15, 0.2) is 113 Å². The summed E-state index contributed by atoms with van der Waals surface area (Å²) in [5.74, 6) is -0.194. The highest BCUT2D eigenvalue weighted by molar-refractivity contribution is 7.89. The standard InChI is InChI=1S/C28H30NO3PS/c1-21(2)27-19-29(34(31,32)26-17-15-22(3)16-18-26)23(4)28(27)20-33(30,24-11-7-5-8-12-24)25-13-9-6-10-14-25/h5-18,27H,1,19-20H2,2-4H3. The van der Waals surface area contributed by atoms with Crippen molar-refractivity contribution in [2.75, 3.05) is 12.7 Å². The molecule has 1 aliphatic heterocycles. The molecule has 0 spiro atoms. The zero-order valence-corrected chi connectivity index (χ0v) is 21.5. The van der Waals surface area contributed by atoms with E-state index in [1.807, 2.05) is 81.4 Å². The predicted molar refractivity (Wildman–Crippen MR) is 141 cm³/mol. The van der Waals surface area contributed by atoms with E-state index in [2.05, 4.69) is 6.58 Å². The Morgan fingerprint density at radius 1 is 0.912 bits per heavy atom. The molecule has 6 heteroatoms. The third-order valence-electron chi connectivity index (χ3n) is 6.55.